The van der Waals surface area contributed by atoms with E-state index < -0.39 is 0 Å². The number of fused-ring (bicyclic) bond motifs is 1. The Morgan fingerprint density at radius 1 is 1.00 bits per heavy atom. The Bertz CT molecular complexity index is 1220. The molecular formula is C21H22N8O. The monoisotopic (exact) mass is 402 g/mol. The summed E-state index contributed by atoms with van der Waals surface area (Å²) in [6.07, 6.45) is 0. The van der Waals surface area contributed by atoms with Crippen LogP contribution < -0.4 is 10.5 Å². The van der Waals surface area contributed by atoms with Gasteiger partial charge in [-0.05, 0) is 41.6 Å². The quantitative estimate of drug-likeness (QED) is 0.553. The number of tetrazole rings is 1. The lowest BCUT2D eigenvalue weighted by molar-refractivity contribution is 0.242. The van der Waals surface area contributed by atoms with Crippen LogP contribution in [0.2, 0.25) is 0 Å². The van der Waals surface area contributed by atoms with E-state index in [-0.39, 0.29) is 5.56 Å². The van der Waals surface area contributed by atoms with E-state index in [1.54, 1.807) is 10.7 Å². The van der Waals surface area contributed by atoms with E-state index in [9.17, 15) is 4.79 Å². The third kappa shape index (κ3) is 3.55. The molecule has 4 aromatic rings. The zero-order chi connectivity index (χ0) is 20.5. The van der Waals surface area contributed by atoms with E-state index in [2.05, 4.69) is 54.3 Å². The number of hydrogen-bond donors (Lipinski definition) is 1. The van der Waals surface area contributed by atoms with Crippen molar-refractivity contribution >= 4 is 16.9 Å². The topological polar surface area (TPSA) is 95.8 Å². The molecule has 2 aromatic carbocycles. The summed E-state index contributed by atoms with van der Waals surface area (Å²) in [5.74, 6) is 1.44. The molecule has 0 aliphatic carbocycles. The van der Waals surface area contributed by atoms with Crippen molar-refractivity contribution in [1.29, 1.82) is 0 Å². The molecule has 3 heterocycles. The minimum Gasteiger partial charge on any atom is -0.337 e. The van der Waals surface area contributed by atoms with Crippen LogP contribution in [-0.4, -0.2) is 61.3 Å². The number of nitrogens with one attached hydrogen (secondary N) is 1. The lowest BCUT2D eigenvalue weighted by Crippen LogP contribution is -2.47. The Labute approximate surface area is 173 Å². The summed E-state index contributed by atoms with van der Waals surface area (Å²) < 4.78 is 1.78. The number of benzene rings is 2. The Morgan fingerprint density at radius 3 is 2.57 bits per heavy atom. The minimum absolute atomic E-state index is 0.0912. The standard InChI is InChI=1S/C21H22N8O/c1-15-6-8-16(9-7-15)29-21(24-25-26-29)28-12-10-27(11-13-28)14-19-22-18-5-3-2-4-17(18)20(30)23-19/h2-9H,10-14H2,1H3,(H,22,23,30). The number of nitrogens with zero attached hydrogens (tertiary/aromatic N) is 7. The molecule has 5 rings (SSSR count). The lowest BCUT2D eigenvalue weighted by atomic mass is 10.2. The van der Waals surface area contributed by atoms with Gasteiger partial charge in [-0.15, -0.1) is 0 Å². The van der Waals surface area contributed by atoms with Gasteiger partial charge in [-0.3, -0.25) is 9.69 Å². The van der Waals surface area contributed by atoms with Gasteiger partial charge in [0.25, 0.3) is 5.56 Å². The molecule has 30 heavy (non-hydrogen) atoms. The number of aromatic amines is 1. The van der Waals surface area contributed by atoms with Gasteiger partial charge in [0.15, 0.2) is 0 Å². The number of anilines is 1. The van der Waals surface area contributed by atoms with Gasteiger partial charge < -0.3 is 9.88 Å². The summed E-state index contributed by atoms with van der Waals surface area (Å²) in [6, 6.07) is 15.6. The molecule has 0 saturated carbocycles. The van der Waals surface area contributed by atoms with Crippen LogP contribution in [-0.2, 0) is 6.54 Å². The first kappa shape index (κ1) is 18.4. The maximum atomic E-state index is 12.3. The molecule has 9 heteroatoms. The molecule has 1 N–H and O–H groups in total. The molecule has 1 aliphatic heterocycles. The van der Waals surface area contributed by atoms with Gasteiger partial charge in [-0.25, -0.2) is 4.98 Å². The fourth-order valence-corrected chi connectivity index (χ4v) is 3.76. The van der Waals surface area contributed by atoms with Crippen molar-refractivity contribution in [2.45, 2.75) is 13.5 Å². The van der Waals surface area contributed by atoms with Gasteiger partial charge in [-0.1, -0.05) is 34.9 Å². The molecule has 0 radical (unpaired) electrons. The third-order valence-corrected chi connectivity index (χ3v) is 5.42. The second-order valence-electron chi connectivity index (χ2n) is 7.52. The Balaban J connectivity index is 1.28. The Kier molecular flexibility index (Phi) is 4.72. The largest absolute Gasteiger partial charge is 0.337 e. The van der Waals surface area contributed by atoms with Crippen molar-refractivity contribution in [3.05, 3.63) is 70.3 Å². The summed E-state index contributed by atoms with van der Waals surface area (Å²) in [5, 5.41) is 12.9. The van der Waals surface area contributed by atoms with Gasteiger partial charge in [0.05, 0.1) is 23.1 Å². The number of piperazine rings is 1. The SMILES string of the molecule is Cc1ccc(-n2nnnc2N2CCN(Cc3nc4ccccc4c(=O)[nH]3)CC2)cc1. The van der Waals surface area contributed by atoms with Crippen LogP contribution in [0.5, 0.6) is 0 Å². The average molecular weight is 402 g/mol. The number of aromatic nitrogens is 6. The normalized spacial score (nSPS) is 15.0. The van der Waals surface area contributed by atoms with Gasteiger partial charge >= 0.3 is 0 Å². The van der Waals surface area contributed by atoms with Crippen molar-refractivity contribution < 1.29 is 0 Å². The highest BCUT2D eigenvalue weighted by atomic mass is 16.1. The van der Waals surface area contributed by atoms with Crippen LogP contribution in [0.4, 0.5) is 5.95 Å². The third-order valence-electron chi connectivity index (χ3n) is 5.42. The minimum atomic E-state index is -0.0912. The molecule has 1 fully saturated rings. The van der Waals surface area contributed by atoms with Crippen LogP contribution in [0, 0.1) is 6.92 Å². The fourth-order valence-electron chi connectivity index (χ4n) is 3.76. The van der Waals surface area contributed by atoms with Crippen LogP contribution in [0.1, 0.15) is 11.4 Å². The molecule has 0 bridgehead atoms. The first-order chi connectivity index (χ1) is 14.7. The zero-order valence-corrected chi connectivity index (χ0v) is 16.7. The predicted molar refractivity (Wildman–Crippen MR) is 114 cm³/mol. The average Bonchev–Trinajstić information content (AvgIpc) is 3.25. The number of rotatable bonds is 4. The van der Waals surface area contributed by atoms with Crippen molar-refractivity contribution in [1.82, 2.24) is 35.1 Å². The van der Waals surface area contributed by atoms with Gasteiger partial charge in [-0.2, -0.15) is 4.68 Å². The number of para-hydroxylation sites is 1. The first-order valence-electron chi connectivity index (χ1n) is 9.98. The molecule has 0 amide bonds. The second kappa shape index (κ2) is 7.68. The van der Waals surface area contributed by atoms with Crippen molar-refractivity contribution in [2.24, 2.45) is 0 Å². The molecule has 0 atom stereocenters. The lowest BCUT2D eigenvalue weighted by Gasteiger charge is -2.34. The molecule has 9 nitrogen and oxygen atoms in total. The number of hydrogen-bond acceptors (Lipinski definition) is 7. The zero-order valence-electron chi connectivity index (χ0n) is 16.7. The molecule has 0 spiro atoms. The summed E-state index contributed by atoms with van der Waals surface area (Å²) in [5.41, 5.74) is 2.78. The van der Waals surface area contributed by atoms with Crippen molar-refractivity contribution in [2.75, 3.05) is 31.1 Å². The van der Waals surface area contributed by atoms with Crippen LogP contribution in [0.25, 0.3) is 16.6 Å². The van der Waals surface area contributed by atoms with E-state index in [4.69, 9.17) is 0 Å². The molecule has 1 saturated heterocycles. The second-order valence-corrected chi connectivity index (χ2v) is 7.52. The Hall–Kier alpha value is -3.59. The van der Waals surface area contributed by atoms with Crippen LogP contribution in [0.15, 0.2) is 53.3 Å². The van der Waals surface area contributed by atoms with Gasteiger partial charge in [0, 0.05) is 26.2 Å². The van der Waals surface area contributed by atoms with Gasteiger partial charge in [0.1, 0.15) is 5.82 Å². The maximum Gasteiger partial charge on any atom is 0.258 e. The number of H-pyrrole nitrogens is 1. The summed E-state index contributed by atoms with van der Waals surface area (Å²) >= 11 is 0. The summed E-state index contributed by atoms with van der Waals surface area (Å²) in [6.45, 7) is 5.92. The highest BCUT2D eigenvalue weighted by Gasteiger charge is 2.23. The smallest absolute Gasteiger partial charge is 0.258 e. The summed E-state index contributed by atoms with van der Waals surface area (Å²) in [4.78, 5) is 24.3. The predicted octanol–water partition coefficient (Wildman–Crippen LogP) is 1.53. The molecule has 2 aromatic heterocycles. The van der Waals surface area contributed by atoms with E-state index in [1.165, 1.54) is 5.56 Å². The highest BCUT2D eigenvalue weighted by molar-refractivity contribution is 5.77. The van der Waals surface area contributed by atoms with Crippen molar-refractivity contribution in [3.8, 4) is 5.69 Å². The molecule has 152 valence electrons. The molecular weight excluding hydrogens is 380 g/mol. The van der Waals surface area contributed by atoms with Gasteiger partial charge in [0.2, 0.25) is 5.95 Å². The summed E-state index contributed by atoms with van der Waals surface area (Å²) in [7, 11) is 0. The highest BCUT2D eigenvalue weighted by Crippen LogP contribution is 2.18. The van der Waals surface area contributed by atoms with E-state index in [1.807, 2.05) is 30.3 Å². The molecule has 0 unspecified atom stereocenters. The maximum absolute atomic E-state index is 12.3. The molecule has 1 aliphatic rings. The van der Waals surface area contributed by atoms with E-state index in [0.717, 1.165) is 43.3 Å². The Morgan fingerprint density at radius 2 is 1.77 bits per heavy atom. The van der Waals surface area contributed by atoms with Crippen LogP contribution in [0.3, 0.4) is 0 Å². The van der Waals surface area contributed by atoms with E-state index >= 15 is 0 Å². The fraction of sp³-hybridized carbons (Fsp3) is 0.286. The van der Waals surface area contributed by atoms with Crippen molar-refractivity contribution in [3.63, 3.8) is 0 Å². The number of aryl methyl sites for hydroxylation is 1. The van der Waals surface area contributed by atoms with Crippen LogP contribution >= 0.6 is 0 Å². The van der Waals surface area contributed by atoms with E-state index in [0.29, 0.717) is 17.8 Å². The first-order valence-corrected chi connectivity index (χ1v) is 9.98.